The lowest BCUT2D eigenvalue weighted by Gasteiger charge is -2.19. The van der Waals surface area contributed by atoms with E-state index in [9.17, 15) is 14.4 Å². The van der Waals surface area contributed by atoms with Crippen LogP contribution in [0.1, 0.15) is 50.7 Å². The highest BCUT2D eigenvalue weighted by Gasteiger charge is 2.23. The maximum Gasteiger partial charge on any atom is 0.408 e. The number of hydrogen-bond donors (Lipinski definition) is 4. The lowest BCUT2D eigenvalue weighted by Crippen LogP contribution is -2.47. The zero-order valence-electron chi connectivity index (χ0n) is 22.1. The normalized spacial score (nSPS) is 12.1. The molecule has 0 bridgehead atoms. The number of hydrogen-bond acceptors (Lipinski definition) is 7. The fourth-order valence-corrected chi connectivity index (χ4v) is 3.25. The van der Waals surface area contributed by atoms with Crippen LogP contribution in [0.4, 0.5) is 9.59 Å². The number of primary amides is 1. The zero-order chi connectivity index (χ0) is 27.9. The number of carbonyl (C=O) groups is 3. The van der Waals surface area contributed by atoms with Gasteiger partial charge in [-0.1, -0.05) is 88.4 Å². The van der Waals surface area contributed by atoms with Gasteiger partial charge in [-0.3, -0.25) is 9.89 Å². The molecule has 0 aliphatic carbocycles. The van der Waals surface area contributed by atoms with Gasteiger partial charge in [0.15, 0.2) is 5.82 Å². The van der Waals surface area contributed by atoms with Gasteiger partial charge in [0.1, 0.15) is 25.6 Å². The Morgan fingerprint density at radius 3 is 1.71 bits per heavy atom. The number of amides is 3. The highest BCUT2D eigenvalue weighted by atomic mass is 16.6. The smallest absolute Gasteiger partial charge is 0.408 e. The molecule has 0 radical (unpaired) electrons. The summed E-state index contributed by atoms with van der Waals surface area (Å²) in [6, 6.07) is 17.8. The number of ether oxygens (including phenoxy) is 2. The summed E-state index contributed by atoms with van der Waals surface area (Å²) >= 11 is 0. The van der Waals surface area contributed by atoms with E-state index in [0.717, 1.165) is 11.1 Å². The van der Waals surface area contributed by atoms with Crippen LogP contribution >= 0.6 is 0 Å². The molecule has 11 heteroatoms. The zero-order valence-corrected chi connectivity index (χ0v) is 22.1. The quantitative estimate of drug-likeness (QED) is 0.313. The van der Waals surface area contributed by atoms with Gasteiger partial charge in [0.05, 0.1) is 6.04 Å². The summed E-state index contributed by atoms with van der Waals surface area (Å²) in [6.45, 7) is 7.97. The molecule has 1 unspecified atom stereocenters. The average Bonchev–Trinajstić information content (AvgIpc) is 3.43. The van der Waals surface area contributed by atoms with Crippen molar-refractivity contribution in [2.24, 2.45) is 17.6 Å². The van der Waals surface area contributed by atoms with Gasteiger partial charge < -0.3 is 25.8 Å². The van der Waals surface area contributed by atoms with Crippen molar-refractivity contribution in [3.8, 4) is 0 Å². The van der Waals surface area contributed by atoms with Gasteiger partial charge in [0, 0.05) is 0 Å². The molecule has 0 saturated heterocycles. The number of benzene rings is 2. The van der Waals surface area contributed by atoms with Crippen LogP contribution in [-0.4, -0.2) is 39.3 Å². The molecule has 0 aliphatic heterocycles. The largest absolute Gasteiger partial charge is 0.445 e. The predicted octanol–water partition coefficient (Wildman–Crippen LogP) is 3.85. The van der Waals surface area contributed by atoms with Crippen molar-refractivity contribution in [3.05, 3.63) is 83.9 Å². The van der Waals surface area contributed by atoms with Crippen LogP contribution in [0.2, 0.25) is 0 Å². The fraction of sp³-hybridized carbons (Fsp3) is 0.370. The first-order valence-corrected chi connectivity index (χ1v) is 12.3. The molecule has 3 amide bonds. The molecule has 1 aromatic heterocycles. The molecule has 3 aromatic rings. The molecule has 5 N–H and O–H groups in total. The highest BCUT2D eigenvalue weighted by molar-refractivity contribution is 5.84. The molecule has 38 heavy (non-hydrogen) atoms. The number of alkyl carbamates (subject to hydrolysis) is 2. The van der Waals surface area contributed by atoms with E-state index in [1.54, 1.807) is 13.8 Å². The van der Waals surface area contributed by atoms with Gasteiger partial charge in [0.2, 0.25) is 5.91 Å². The Labute approximate surface area is 222 Å². The van der Waals surface area contributed by atoms with Crippen molar-refractivity contribution in [3.63, 3.8) is 0 Å². The van der Waals surface area contributed by atoms with E-state index in [2.05, 4.69) is 25.8 Å². The first-order valence-electron chi connectivity index (χ1n) is 12.3. The Balaban J connectivity index is 0.000000269. The van der Waals surface area contributed by atoms with Gasteiger partial charge in [0.25, 0.3) is 0 Å². The molecule has 11 nitrogen and oxygen atoms in total. The van der Waals surface area contributed by atoms with E-state index in [1.807, 2.05) is 74.5 Å². The van der Waals surface area contributed by atoms with Crippen LogP contribution in [-0.2, 0) is 27.5 Å². The van der Waals surface area contributed by atoms with Crippen LogP contribution in [0.15, 0.2) is 67.0 Å². The molecule has 0 fully saturated rings. The Bertz CT molecular complexity index is 1110. The molecular weight excluding hydrogens is 488 g/mol. The molecule has 3 rings (SSSR count). The van der Waals surface area contributed by atoms with Crippen LogP contribution in [0.25, 0.3) is 0 Å². The molecule has 204 valence electrons. The number of aromatic amines is 1. The SMILES string of the molecule is CC(C)C(NC(=O)OCc1ccccc1)c1nc[nH]n1.CC(C)[C@H](NC(=O)OCc1ccccc1)C(N)=O. The minimum absolute atomic E-state index is 0.0771. The predicted molar refractivity (Wildman–Crippen MR) is 141 cm³/mol. The number of carbonyl (C=O) groups excluding carboxylic acids is 3. The van der Waals surface area contributed by atoms with E-state index in [-0.39, 0.29) is 31.1 Å². The summed E-state index contributed by atoms with van der Waals surface area (Å²) in [7, 11) is 0. The number of nitrogens with one attached hydrogen (secondary N) is 3. The lowest BCUT2D eigenvalue weighted by atomic mass is 10.0. The number of nitrogens with zero attached hydrogens (tertiary/aromatic N) is 2. The number of aromatic nitrogens is 3. The minimum atomic E-state index is -0.715. The van der Waals surface area contributed by atoms with Crippen molar-refractivity contribution in [2.45, 2.75) is 53.0 Å². The Kier molecular flexibility index (Phi) is 12.3. The van der Waals surface area contributed by atoms with Gasteiger partial charge in [-0.25, -0.2) is 14.6 Å². The first-order chi connectivity index (χ1) is 18.2. The average molecular weight is 525 g/mol. The maximum atomic E-state index is 11.8. The second-order valence-corrected chi connectivity index (χ2v) is 9.12. The van der Waals surface area contributed by atoms with E-state index in [4.69, 9.17) is 15.2 Å². The fourth-order valence-electron chi connectivity index (χ4n) is 3.25. The standard InChI is InChI=1S/C14H18N4O2.C13H18N2O3/c1-10(2)12(13-15-9-16-18-13)17-14(19)20-8-11-6-4-3-5-7-11;1-9(2)11(12(14)16)15-13(17)18-8-10-6-4-3-5-7-10/h3-7,9-10,12H,8H2,1-2H3,(H,17,19)(H,15,16,18);3-7,9,11H,8H2,1-2H3,(H2,14,16)(H,15,17)/t;11-/m.0/s1. The Morgan fingerprint density at radius 1 is 0.816 bits per heavy atom. The minimum Gasteiger partial charge on any atom is -0.445 e. The summed E-state index contributed by atoms with van der Waals surface area (Å²) in [6.07, 6.45) is 0.371. The Hall–Kier alpha value is -4.41. The van der Waals surface area contributed by atoms with Crippen LogP contribution in [0.5, 0.6) is 0 Å². The lowest BCUT2D eigenvalue weighted by molar-refractivity contribution is -0.120. The summed E-state index contributed by atoms with van der Waals surface area (Å²) in [5.41, 5.74) is 7.01. The summed E-state index contributed by atoms with van der Waals surface area (Å²) in [5, 5.41) is 11.9. The third kappa shape index (κ3) is 10.7. The molecular formula is C27H36N6O5. The molecule has 2 aromatic carbocycles. The van der Waals surface area contributed by atoms with E-state index in [1.165, 1.54) is 6.33 Å². The Morgan fingerprint density at radius 2 is 1.32 bits per heavy atom. The van der Waals surface area contributed by atoms with Crippen molar-refractivity contribution in [1.29, 1.82) is 0 Å². The number of rotatable bonds is 10. The van der Waals surface area contributed by atoms with E-state index >= 15 is 0 Å². The van der Waals surface area contributed by atoms with Gasteiger partial charge in [-0.2, -0.15) is 5.10 Å². The van der Waals surface area contributed by atoms with Crippen LogP contribution < -0.4 is 16.4 Å². The molecule has 0 aliphatic rings. The van der Waals surface area contributed by atoms with Crippen molar-refractivity contribution in [2.75, 3.05) is 0 Å². The molecule has 0 saturated carbocycles. The monoisotopic (exact) mass is 524 g/mol. The third-order valence-corrected chi connectivity index (χ3v) is 5.32. The topological polar surface area (TPSA) is 161 Å². The summed E-state index contributed by atoms with van der Waals surface area (Å²) in [5.74, 6) is 0.0696. The van der Waals surface area contributed by atoms with Crippen LogP contribution in [0, 0.1) is 11.8 Å². The number of H-pyrrole nitrogens is 1. The van der Waals surface area contributed by atoms with Crippen molar-refractivity contribution < 1.29 is 23.9 Å². The van der Waals surface area contributed by atoms with Gasteiger partial charge in [-0.15, -0.1) is 0 Å². The van der Waals surface area contributed by atoms with Gasteiger partial charge >= 0.3 is 12.2 Å². The van der Waals surface area contributed by atoms with E-state index < -0.39 is 24.1 Å². The summed E-state index contributed by atoms with van der Waals surface area (Å²) < 4.78 is 10.2. The maximum absolute atomic E-state index is 11.8. The third-order valence-electron chi connectivity index (χ3n) is 5.32. The van der Waals surface area contributed by atoms with E-state index in [0.29, 0.717) is 5.82 Å². The number of nitrogens with two attached hydrogens (primary N) is 1. The van der Waals surface area contributed by atoms with Gasteiger partial charge in [-0.05, 0) is 23.0 Å². The highest BCUT2D eigenvalue weighted by Crippen LogP contribution is 2.17. The molecule has 0 spiro atoms. The van der Waals surface area contributed by atoms with Crippen molar-refractivity contribution in [1.82, 2.24) is 25.8 Å². The molecule has 2 atom stereocenters. The summed E-state index contributed by atoms with van der Waals surface area (Å²) in [4.78, 5) is 38.5. The first kappa shape index (κ1) is 29.8. The second kappa shape index (κ2) is 15.6. The molecule has 1 heterocycles. The second-order valence-electron chi connectivity index (χ2n) is 9.12. The van der Waals surface area contributed by atoms with Crippen molar-refractivity contribution >= 4 is 18.1 Å². The van der Waals surface area contributed by atoms with Crippen LogP contribution in [0.3, 0.4) is 0 Å².